The van der Waals surface area contributed by atoms with Gasteiger partial charge in [0.25, 0.3) is 5.91 Å². The van der Waals surface area contributed by atoms with Crippen LogP contribution in [0, 0.1) is 5.41 Å². The molecule has 0 aliphatic carbocycles. The molecule has 0 radical (unpaired) electrons. The molecule has 4 amide bonds. The van der Waals surface area contributed by atoms with Crippen molar-refractivity contribution >= 4 is 59.5 Å². The predicted molar refractivity (Wildman–Crippen MR) is 267 cm³/mol. The summed E-state index contributed by atoms with van der Waals surface area (Å²) in [7, 11) is 1.16. The Hall–Kier alpha value is -7.33. The van der Waals surface area contributed by atoms with E-state index in [4.69, 9.17) is 55.3 Å². The van der Waals surface area contributed by atoms with Gasteiger partial charge in [0.2, 0.25) is 17.7 Å². The molecule has 0 fully saturated rings. The van der Waals surface area contributed by atoms with Gasteiger partial charge in [-0.05, 0) is 95.8 Å². The van der Waals surface area contributed by atoms with Crippen LogP contribution in [-0.2, 0) is 28.7 Å². The van der Waals surface area contributed by atoms with E-state index in [0.717, 1.165) is 25.5 Å². The van der Waals surface area contributed by atoms with E-state index in [2.05, 4.69) is 80.7 Å². The van der Waals surface area contributed by atoms with Crippen molar-refractivity contribution in [2.75, 3.05) is 39.9 Å². The Labute approximate surface area is 399 Å². The minimum atomic E-state index is -1.27. The number of esters is 1. The maximum Gasteiger partial charge on any atom is 0.328 e. The second kappa shape index (κ2) is 32.4. The summed E-state index contributed by atoms with van der Waals surface area (Å²) in [5.74, 6) is -3.82. The number of aliphatic imine (C=N–C) groups is 4. The number of rotatable bonds is 33. The van der Waals surface area contributed by atoms with Gasteiger partial charge >= 0.3 is 5.97 Å². The minimum Gasteiger partial charge on any atom is -0.484 e. The maximum atomic E-state index is 14.1. The zero-order valence-corrected chi connectivity index (χ0v) is 40.0. The first-order valence-electron chi connectivity index (χ1n) is 22.4. The molecule has 23 nitrogen and oxygen atoms in total. The average molecular weight is 953 g/mol. The van der Waals surface area contributed by atoms with E-state index >= 15 is 0 Å². The summed E-state index contributed by atoms with van der Waals surface area (Å²) in [6.07, 6.45) is 11.3. The summed E-state index contributed by atoms with van der Waals surface area (Å²) in [6, 6.07) is 2.34. The highest BCUT2D eigenvalue weighted by atomic mass is 16.5. The lowest BCUT2D eigenvalue weighted by molar-refractivity contribution is -0.145. The van der Waals surface area contributed by atoms with Crippen molar-refractivity contribution in [3.05, 3.63) is 60.2 Å². The Balaban J connectivity index is 3.33. The topological polar surface area (TPSA) is 410 Å². The summed E-state index contributed by atoms with van der Waals surface area (Å²) in [4.78, 5) is 83.7. The molecule has 0 saturated carbocycles. The Morgan fingerprint density at radius 3 is 1.43 bits per heavy atom. The van der Waals surface area contributed by atoms with E-state index < -0.39 is 60.4 Å². The summed E-state index contributed by atoms with van der Waals surface area (Å²) in [5, 5.41) is 10.7. The second-order valence-corrected chi connectivity index (χ2v) is 16.3. The molecule has 0 aliphatic heterocycles. The smallest absolute Gasteiger partial charge is 0.328 e. The fourth-order valence-electron chi connectivity index (χ4n) is 6.30. The summed E-state index contributed by atoms with van der Waals surface area (Å²) in [5.41, 5.74) is 45.8. The molecule has 0 spiro atoms. The van der Waals surface area contributed by atoms with Crippen LogP contribution in [0.3, 0.4) is 0 Å². The van der Waals surface area contributed by atoms with Gasteiger partial charge in [0.05, 0.1) is 7.11 Å². The third kappa shape index (κ3) is 26.6. The predicted octanol–water partition coefficient (Wildman–Crippen LogP) is -0.656. The largest absolute Gasteiger partial charge is 0.484 e. The van der Waals surface area contributed by atoms with Crippen LogP contribution in [0.25, 0.3) is 6.08 Å². The Morgan fingerprint density at radius 1 is 0.647 bits per heavy atom. The fourth-order valence-corrected chi connectivity index (χ4v) is 6.30. The third-order valence-corrected chi connectivity index (χ3v) is 10.1. The number of nitrogens with two attached hydrogens (primary N) is 8. The van der Waals surface area contributed by atoms with Gasteiger partial charge in [-0.15, -0.1) is 6.58 Å². The number of hydrogen-bond donors (Lipinski definition) is 12. The molecular formula is C45H76N16O7. The quantitative estimate of drug-likeness (QED) is 0.0137. The Morgan fingerprint density at radius 2 is 1.04 bits per heavy atom. The normalized spacial score (nSPS) is 13.4. The van der Waals surface area contributed by atoms with Gasteiger partial charge in [0.1, 0.15) is 29.9 Å². The van der Waals surface area contributed by atoms with Gasteiger partial charge < -0.3 is 76.6 Å². The molecule has 23 heteroatoms. The molecule has 1 aromatic rings. The van der Waals surface area contributed by atoms with E-state index in [1.807, 2.05) is 24.3 Å². The highest BCUT2D eigenvalue weighted by Crippen LogP contribution is 2.28. The molecule has 0 aliphatic rings. The van der Waals surface area contributed by atoms with E-state index in [1.165, 1.54) is 5.57 Å². The highest BCUT2D eigenvalue weighted by molar-refractivity contribution is 5.95. The molecule has 0 heterocycles. The fraction of sp³-hybridized carbons (Fsp3) is 0.533. The molecular weight excluding hydrogens is 877 g/mol. The number of carbonyl (C=O) groups is 5. The number of allylic oxidation sites excluding steroid dienone is 4. The molecule has 1 rings (SSSR count). The Bertz CT molecular complexity index is 1950. The van der Waals surface area contributed by atoms with Gasteiger partial charge in [-0.2, -0.15) is 0 Å². The molecule has 68 heavy (non-hydrogen) atoms. The average Bonchev–Trinajstić information content (AvgIpc) is 3.28. The lowest BCUT2D eigenvalue weighted by Crippen LogP contribution is -2.58. The van der Waals surface area contributed by atoms with Crippen LogP contribution in [0.1, 0.15) is 90.5 Å². The molecule has 1 aromatic carbocycles. The van der Waals surface area contributed by atoms with Crippen molar-refractivity contribution in [2.24, 2.45) is 71.3 Å². The van der Waals surface area contributed by atoms with Crippen LogP contribution in [0.5, 0.6) is 5.75 Å². The van der Waals surface area contributed by atoms with Gasteiger partial charge in [-0.3, -0.25) is 39.1 Å². The number of methoxy groups -OCH3 is 1. The first-order chi connectivity index (χ1) is 32.2. The standard InChI is InChI=1S/C45H76N16O7/c1-6-45(4,22-7-12-29(2)3)23-21-30-17-19-31(20-18-30)68-28-36(62)58-32(13-8-24-54-41(46)47)37(63)59-33(14-9-25-55-42(48)49)38(64)60-34(15-10-26-56-43(50)51)39(65)61-35(40(66)67-5)16-11-27-57-44(52)53/h6,12,17-21,23,32-35H,1,7-11,13-16,22,24-28H2,2-5H3,(H,58,62)(H,59,63)(H,60,64)(H,61,65)(H4,46,47,54)(H4,48,49,55)(H4,50,51,56)(H4,52,53,57)/b23-21+/t32-,33?,34-,35-,45-/m0/s1. The number of amides is 4. The summed E-state index contributed by atoms with van der Waals surface area (Å²) < 4.78 is 10.7. The van der Waals surface area contributed by atoms with Gasteiger partial charge in [0, 0.05) is 31.6 Å². The first kappa shape index (κ1) is 58.7. The van der Waals surface area contributed by atoms with Crippen molar-refractivity contribution in [1.82, 2.24) is 21.3 Å². The molecule has 20 N–H and O–H groups in total. The molecule has 378 valence electrons. The third-order valence-electron chi connectivity index (χ3n) is 10.1. The van der Waals surface area contributed by atoms with Crippen LogP contribution < -0.4 is 71.9 Å². The molecule has 0 saturated heterocycles. The number of benzene rings is 1. The van der Waals surface area contributed by atoms with Gasteiger partial charge in [-0.1, -0.05) is 48.9 Å². The number of nitrogens with zero attached hydrogens (tertiary/aromatic N) is 4. The zero-order valence-electron chi connectivity index (χ0n) is 40.0. The maximum absolute atomic E-state index is 14.1. The van der Waals surface area contributed by atoms with Crippen molar-refractivity contribution in [3.8, 4) is 5.75 Å². The van der Waals surface area contributed by atoms with E-state index in [-0.39, 0.29) is 100 Å². The number of ether oxygens (including phenoxy) is 2. The number of carbonyl (C=O) groups excluding carboxylic acids is 5. The lowest BCUT2D eigenvalue weighted by atomic mass is 9.84. The van der Waals surface area contributed by atoms with Crippen molar-refractivity contribution < 1.29 is 33.4 Å². The zero-order chi connectivity index (χ0) is 51.1. The van der Waals surface area contributed by atoms with Gasteiger partial charge in [-0.25, -0.2) is 4.79 Å². The van der Waals surface area contributed by atoms with Crippen molar-refractivity contribution in [3.63, 3.8) is 0 Å². The summed E-state index contributed by atoms with van der Waals surface area (Å²) >= 11 is 0. The lowest BCUT2D eigenvalue weighted by Gasteiger charge is -2.26. The van der Waals surface area contributed by atoms with Crippen LogP contribution in [0.4, 0.5) is 0 Å². The molecule has 1 unspecified atom stereocenters. The Kier molecular flexibility index (Phi) is 27.9. The van der Waals surface area contributed by atoms with E-state index in [1.54, 1.807) is 12.1 Å². The number of hydrogen-bond acceptors (Lipinski definition) is 11. The SMILES string of the molecule is C=C[C@](C)(/C=C/c1ccc(OCC(=O)N[C@@H](CCCN=C(N)N)C(=O)NC(CCCN=C(N)N)C(=O)N[C@@H](CCCN=C(N)N)C(=O)N[C@@H](CCCN=C(N)N)C(=O)OC)cc1)CCC=C(C)C. The van der Waals surface area contributed by atoms with Gasteiger partial charge in [0.15, 0.2) is 30.4 Å². The van der Waals surface area contributed by atoms with E-state index in [9.17, 15) is 24.0 Å². The molecule has 0 aromatic heterocycles. The van der Waals surface area contributed by atoms with E-state index in [0.29, 0.717) is 12.2 Å². The molecule has 5 atom stereocenters. The van der Waals surface area contributed by atoms with Crippen LogP contribution in [0.15, 0.2) is 74.6 Å². The minimum absolute atomic E-state index is 0.00202. The van der Waals surface area contributed by atoms with Crippen LogP contribution >= 0.6 is 0 Å². The summed E-state index contributed by atoms with van der Waals surface area (Å²) in [6.45, 7) is 10.4. The van der Waals surface area contributed by atoms with Crippen LogP contribution in [0.2, 0.25) is 0 Å². The molecule has 0 bridgehead atoms. The highest BCUT2D eigenvalue weighted by Gasteiger charge is 2.31. The van der Waals surface area contributed by atoms with Crippen molar-refractivity contribution in [2.45, 2.75) is 109 Å². The first-order valence-corrected chi connectivity index (χ1v) is 22.4. The van der Waals surface area contributed by atoms with Crippen molar-refractivity contribution in [1.29, 1.82) is 0 Å². The van der Waals surface area contributed by atoms with Crippen LogP contribution in [-0.4, -0.2) is 117 Å². The number of nitrogens with one attached hydrogen (secondary N) is 4. The second-order valence-electron chi connectivity index (χ2n) is 16.3. The number of guanidine groups is 4. The monoisotopic (exact) mass is 953 g/mol.